The lowest BCUT2D eigenvalue weighted by molar-refractivity contribution is -0.125. The molecule has 5 N–H and O–H groups in total. The molecule has 0 unspecified atom stereocenters. The molecule has 0 spiro atoms. The van der Waals surface area contributed by atoms with Gasteiger partial charge < -0.3 is 25.8 Å². The quantitative estimate of drug-likeness (QED) is 0.418. The molecule has 1 fully saturated rings. The van der Waals surface area contributed by atoms with Gasteiger partial charge in [-0.1, -0.05) is 0 Å². The fraction of sp³-hybridized carbons (Fsp3) is 0.389. The van der Waals surface area contributed by atoms with Crippen LogP contribution in [0.15, 0.2) is 31.0 Å². The lowest BCUT2D eigenvalue weighted by Crippen LogP contribution is -2.40. The fourth-order valence-corrected chi connectivity index (χ4v) is 3.08. The van der Waals surface area contributed by atoms with Gasteiger partial charge in [-0.2, -0.15) is 0 Å². The van der Waals surface area contributed by atoms with Crippen molar-refractivity contribution in [2.75, 3.05) is 6.54 Å². The molecule has 1 aliphatic rings. The highest BCUT2D eigenvalue weighted by Gasteiger charge is 2.37. The maximum absolute atomic E-state index is 13.6. The van der Waals surface area contributed by atoms with Gasteiger partial charge in [0.2, 0.25) is 5.91 Å². The Labute approximate surface area is 165 Å². The zero-order chi connectivity index (χ0) is 21.2. The summed E-state index contributed by atoms with van der Waals surface area (Å²) in [5, 5.41) is 22.4. The average molecular weight is 407 g/mol. The normalized spacial score (nSPS) is 20.3. The highest BCUT2D eigenvalue weighted by atomic mass is 19.1. The number of carbonyl (C=O) groups excluding carboxylic acids is 2. The molecule has 2 heterocycles. The molecule has 1 saturated carbocycles. The zero-order valence-corrected chi connectivity index (χ0v) is 15.4. The number of amides is 2. The zero-order valence-electron chi connectivity index (χ0n) is 15.4. The molecular weight excluding hydrogens is 385 g/mol. The van der Waals surface area contributed by atoms with Crippen molar-refractivity contribution >= 4 is 18.3 Å². The summed E-state index contributed by atoms with van der Waals surface area (Å²) < 4.78 is 13.6. The molecule has 3 rings (SSSR count). The van der Waals surface area contributed by atoms with E-state index in [0.29, 0.717) is 19.4 Å². The van der Waals surface area contributed by atoms with Crippen molar-refractivity contribution in [3.8, 4) is 0 Å². The Bertz CT molecular complexity index is 817. The van der Waals surface area contributed by atoms with Crippen LogP contribution in [0.25, 0.3) is 0 Å². The van der Waals surface area contributed by atoms with Gasteiger partial charge in [0, 0.05) is 37.0 Å². The summed E-state index contributed by atoms with van der Waals surface area (Å²) in [4.78, 5) is 43.2. The lowest BCUT2D eigenvalue weighted by Gasteiger charge is -2.16. The van der Waals surface area contributed by atoms with Crippen molar-refractivity contribution in [3.63, 3.8) is 0 Å². The number of halogens is 1. The predicted molar refractivity (Wildman–Crippen MR) is 98.2 cm³/mol. The molecule has 0 saturated heterocycles. The first-order valence-electron chi connectivity index (χ1n) is 8.87. The standard InChI is InChI=1S/C17H20FN5O3.CH2O2/c18-13-8-19-3-2-12(13)17(26)23-14-5-10(6-15(14)24)16(25)21-4-1-11-7-20-9-22-11;2-1-3/h2-3,7-10,14-15,24H,1,4-6H2,(H,20,22)(H,21,25)(H,23,26);1H,(H,2,3)/t10-,14+,15+;/m0./s1. The van der Waals surface area contributed by atoms with Crippen LogP contribution in [0.2, 0.25) is 0 Å². The number of nitrogens with zero attached hydrogens (tertiary/aromatic N) is 2. The summed E-state index contributed by atoms with van der Waals surface area (Å²) in [6.45, 7) is 0.201. The van der Waals surface area contributed by atoms with E-state index in [4.69, 9.17) is 9.90 Å². The van der Waals surface area contributed by atoms with Crippen molar-refractivity contribution in [2.24, 2.45) is 5.92 Å². The number of H-pyrrole nitrogens is 1. The lowest BCUT2D eigenvalue weighted by atomic mass is 10.1. The molecule has 29 heavy (non-hydrogen) atoms. The van der Waals surface area contributed by atoms with E-state index in [9.17, 15) is 19.1 Å². The Kier molecular flexibility index (Phi) is 8.22. The highest BCUT2D eigenvalue weighted by Crippen LogP contribution is 2.26. The molecule has 0 aliphatic heterocycles. The second kappa shape index (κ2) is 10.9. The number of nitrogens with one attached hydrogen (secondary N) is 3. The van der Waals surface area contributed by atoms with E-state index in [1.165, 1.54) is 12.3 Å². The molecule has 0 aromatic carbocycles. The van der Waals surface area contributed by atoms with Gasteiger partial charge in [-0.05, 0) is 18.9 Å². The SMILES string of the molecule is O=C(N[C@@H]1C[C@H](C(=O)NCCc2cnc[nH]2)C[C@H]1O)c1ccncc1F.O=CO. The number of hydrogen-bond donors (Lipinski definition) is 5. The van der Waals surface area contributed by atoms with Gasteiger partial charge in [0.25, 0.3) is 12.4 Å². The summed E-state index contributed by atoms with van der Waals surface area (Å²) in [6, 6.07) is 0.671. The van der Waals surface area contributed by atoms with Crippen LogP contribution >= 0.6 is 0 Å². The number of hydrogen-bond acceptors (Lipinski definition) is 6. The second-order valence-corrected chi connectivity index (χ2v) is 6.39. The maximum atomic E-state index is 13.6. The van der Waals surface area contributed by atoms with E-state index < -0.39 is 29.8 Å². The first-order chi connectivity index (χ1) is 14.0. The van der Waals surface area contributed by atoms with Crippen molar-refractivity contribution in [1.29, 1.82) is 0 Å². The van der Waals surface area contributed by atoms with Gasteiger partial charge in [-0.25, -0.2) is 9.37 Å². The smallest absolute Gasteiger partial charge is 0.290 e. The molecular formula is C18H22FN5O5. The molecule has 11 heteroatoms. The topological polar surface area (TPSA) is 157 Å². The third-order valence-corrected chi connectivity index (χ3v) is 4.48. The van der Waals surface area contributed by atoms with Crippen LogP contribution in [-0.4, -0.2) is 62.1 Å². The first-order valence-corrected chi connectivity index (χ1v) is 8.87. The molecule has 1 aliphatic carbocycles. The molecule has 10 nitrogen and oxygen atoms in total. The Morgan fingerprint density at radius 2 is 2.07 bits per heavy atom. The van der Waals surface area contributed by atoms with E-state index in [1.807, 2.05) is 0 Å². The third kappa shape index (κ3) is 6.35. The summed E-state index contributed by atoms with van der Waals surface area (Å²) in [5.74, 6) is -1.94. The highest BCUT2D eigenvalue weighted by molar-refractivity contribution is 5.94. The van der Waals surface area contributed by atoms with Crippen molar-refractivity contribution in [3.05, 3.63) is 48.1 Å². The van der Waals surface area contributed by atoms with E-state index in [2.05, 4.69) is 25.6 Å². The monoisotopic (exact) mass is 407 g/mol. The van der Waals surface area contributed by atoms with Gasteiger partial charge in [0.15, 0.2) is 5.82 Å². The van der Waals surface area contributed by atoms with E-state index >= 15 is 0 Å². The third-order valence-electron chi connectivity index (χ3n) is 4.48. The maximum Gasteiger partial charge on any atom is 0.290 e. The van der Waals surface area contributed by atoms with E-state index in [-0.39, 0.29) is 24.4 Å². The minimum absolute atomic E-state index is 0.139. The number of aliphatic hydroxyl groups is 1. The van der Waals surface area contributed by atoms with Crippen LogP contribution in [0.1, 0.15) is 28.9 Å². The van der Waals surface area contributed by atoms with Crippen LogP contribution in [-0.2, 0) is 16.0 Å². The predicted octanol–water partition coefficient (Wildman–Crippen LogP) is -0.127. The Balaban J connectivity index is 0.000000941. The molecule has 2 aromatic heterocycles. The minimum Gasteiger partial charge on any atom is -0.483 e. The number of aliphatic hydroxyl groups excluding tert-OH is 1. The number of rotatable bonds is 6. The summed E-state index contributed by atoms with van der Waals surface area (Å²) in [6.07, 6.45) is 5.86. The average Bonchev–Trinajstić information content (AvgIpc) is 3.33. The first kappa shape index (κ1) is 22.0. The van der Waals surface area contributed by atoms with Crippen LogP contribution in [0.4, 0.5) is 4.39 Å². The van der Waals surface area contributed by atoms with Gasteiger partial charge in [0.05, 0.1) is 30.2 Å². The number of pyridine rings is 1. The summed E-state index contributed by atoms with van der Waals surface area (Å²) in [5.41, 5.74) is 0.779. The van der Waals surface area contributed by atoms with E-state index in [1.54, 1.807) is 12.5 Å². The molecule has 0 radical (unpaired) electrons. The van der Waals surface area contributed by atoms with E-state index in [0.717, 1.165) is 11.9 Å². The molecule has 2 aromatic rings. The van der Waals surface area contributed by atoms with Crippen molar-refractivity contribution in [2.45, 2.75) is 31.4 Å². The largest absolute Gasteiger partial charge is 0.483 e. The second-order valence-electron chi connectivity index (χ2n) is 6.39. The van der Waals surface area contributed by atoms with Crippen molar-refractivity contribution < 1.29 is 29.0 Å². The summed E-state index contributed by atoms with van der Waals surface area (Å²) >= 11 is 0. The number of aromatic amines is 1. The van der Waals surface area contributed by atoms with Gasteiger partial charge in [-0.3, -0.25) is 19.4 Å². The van der Waals surface area contributed by atoms with Gasteiger partial charge >= 0.3 is 0 Å². The van der Waals surface area contributed by atoms with Crippen LogP contribution in [0, 0.1) is 11.7 Å². The minimum atomic E-state index is -0.854. The molecule has 2 amide bonds. The van der Waals surface area contributed by atoms with Gasteiger partial charge in [0.1, 0.15) is 0 Å². The Morgan fingerprint density at radius 1 is 1.31 bits per heavy atom. The Morgan fingerprint density at radius 3 is 2.72 bits per heavy atom. The summed E-state index contributed by atoms with van der Waals surface area (Å²) in [7, 11) is 0. The van der Waals surface area contributed by atoms with Crippen LogP contribution in [0.3, 0.4) is 0 Å². The van der Waals surface area contributed by atoms with Crippen LogP contribution < -0.4 is 10.6 Å². The number of carboxylic acid groups (broad SMARTS) is 1. The molecule has 3 atom stereocenters. The van der Waals surface area contributed by atoms with Crippen LogP contribution in [0.5, 0.6) is 0 Å². The fourth-order valence-electron chi connectivity index (χ4n) is 3.08. The number of carbonyl (C=O) groups is 3. The molecule has 0 bridgehead atoms. The van der Waals surface area contributed by atoms with Gasteiger partial charge in [-0.15, -0.1) is 0 Å². The molecule has 156 valence electrons. The Hall–Kier alpha value is -3.34. The number of imidazole rings is 1. The number of aromatic nitrogens is 3. The van der Waals surface area contributed by atoms with Crippen molar-refractivity contribution in [1.82, 2.24) is 25.6 Å².